The van der Waals surface area contributed by atoms with Gasteiger partial charge in [-0.25, -0.2) is 4.39 Å². The van der Waals surface area contributed by atoms with Gasteiger partial charge in [0, 0.05) is 44.3 Å². The number of nitrogens with zero attached hydrogens (tertiary/aromatic N) is 2. The maximum atomic E-state index is 14.0. The van der Waals surface area contributed by atoms with Crippen LogP contribution in [0.15, 0.2) is 18.2 Å². The summed E-state index contributed by atoms with van der Waals surface area (Å²) in [6.45, 7) is 5.16. The largest absolute Gasteiger partial charge is 0.497 e. The minimum atomic E-state index is -0.407. The lowest BCUT2D eigenvalue weighted by molar-refractivity contribution is -0.0535. The van der Waals surface area contributed by atoms with Gasteiger partial charge in [-0.2, -0.15) is 0 Å². The molecule has 2 saturated heterocycles. The first-order chi connectivity index (χ1) is 11.2. The zero-order valence-electron chi connectivity index (χ0n) is 13.6. The molecule has 2 atom stereocenters. The lowest BCUT2D eigenvalue weighted by Crippen LogP contribution is -2.56. The van der Waals surface area contributed by atoms with E-state index in [4.69, 9.17) is 9.47 Å². The Morgan fingerprint density at radius 1 is 1.30 bits per heavy atom. The molecule has 0 radical (unpaired) electrons. The van der Waals surface area contributed by atoms with E-state index in [-0.39, 0.29) is 11.9 Å². The van der Waals surface area contributed by atoms with Crippen molar-refractivity contribution in [2.75, 3.05) is 46.5 Å². The lowest BCUT2D eigenvalue weighted by Gasteiger charge is -2.43. The third-order valence-corrected chi connectivity index (χ3v) is 4.79. The van der Waals surface area contributed by atoms with Crippen molar-refractivity contribution >= 4 is 0 Å². The van der Waals surface area contributed by atoms with E-state index in [1.165, 1.54) is 6.07 Å². The van der Waals surface area contributed by atoms with Crippen LogP contribution in [0.3, 0.4) is 0 Å². The third kappa shape index (κ3) is 4.01. The van der Waals surface area contributed by atoms with Gasteiger partial charge in [0.1, 0.15) is 11.6 Å². The van der Waals surface area contributed by atoms with Crippen molar-refractivity contribution in [3.63, 3.8) is 0 Å². The maximum Gasteiger partial charge on any atom is 0.127 e. The molecule has 2 aliphatic rings. The number of rotatable bonds is 4. The fraction of sp³-hybridized carbons (Fsp3) is 0.647. The van der Waals surface area contributed by atoms with Gasteiger partial charge in [0.25, 0.3) is 0 Å². The molecular weight excluding hydrogens is 299 g/mol. The Morgan fingerprint density at radius 3 is 2.78 bits per heavy atom. The molecule has 0 unspecified atom stereocenters. The van der Waals surface area contributed by atoms with Crippen molar-refractivity contribution in [2.24, 2.45) is 0 Å². The molecule has 0 aromatic heterocycles. The molecule has 0 aliphatic carbocycles. The number of piperidine rings is 1. The highest BCUT2D eigenvalue weighted by Crippen LogP contribution is 2.23. The minimum absolute atomic E-state index is 0.185. The quantitative estimate of drug-likeness (QED) is 0.899. The number of morpholine rings is 1. The number of aliphatic hydroxyl groups is 1. The predicted molar refractivity (Wildman–Crippen MR) is 85.0 cm³/mol. The number of hydrogen-bond acceptors (Lipinski definition) is 5. The lowest BCUT2D eigenvalue weighted by atomic mass is 9.99. The van der Waals surface area contributed by atoms with Crippen LogP contribution in [-0.2, 0) is 11.3 Å². The van der Waals surface area contributed by atoms with E-state index in [0.29, 0.717) is 24.4 Å². The van der Waals surface area contributed by atoms with E-state index in [1.807, 2.05) is 0 Å². The Labute approximate surface area is 136 Å². The number of benzene rings is 1. The molecule has 1 aromatic rings. The van der Waals surface area contributed by atoms with Crippen LogP contribution in [0.4, 0.5) is 4.39 Å². The molecule has 3 rings (SSSR count). The number of halogens is 1. The molecule has 1 aromatic carbocycles. The molecule has 0 saturated carbocycles. The normalized spacial score (nSPS) is 27.1. The standard InChI is InChI=1S/C17H25FN2O3/c1-22-14-2-3-15(18)13(10-14)11-19-5-4-16(17(21)12-19)20-6-8-23-9-7-20/h2-3,10,16-17,21H,4-9,11-12H2,1H3/t16-,17-/m1/s1. The second kappa shape index (κ2) is 7.57. The Hall–Kier alpha value is -1.21. The molecule has 1 N–H and O–H groups in total. The summed E-state index contributed by atoms with van der Waals surface area (Å²) >= 11 is 0. The van der Waals surface area contributed by atoms with E-state index in [0.717, 1.165) is 39.3 Å². The first kappa shape index (κ1) is 16.6. The molecule has 2 fully saturated rings. The average molecular weight is 324 g/mol. The van der Waals surface area contributed by atoms with Crippen molar-refractivity contribution in [3.05, 3.63) is 29.6 Å². The van der Waals surface area contributed by atoms with Crippen LogP contribution < -0.4 is 4.74 Å². The number of hydrogen-bond donors (Lipinski definition) is 1. The van der Waals surface area contributed by atoms with Gasteiger partial charge >= 0.3 is 0 Å². The number of methoxy groups -OCH3 is 1. The molecule has 0 amide bonds. The number of β-amino-alcohol motifs (C(OH)–C–C–N with tert-alkyl or cyclic N) is 1. The molecule has 23 heavy (non-hydrogen) atoms. The van der Waals surface area contributed by atoms with E-state index < -0.39 is 6.10 Å². The van der Waals surface area contributed by atoms with Gasteiger partial charge in [0.15, 0.2) is 0 Å². The van der Waals surface area contributed by atoms with Gasteiger partial charge in [-0.1, -0.05) is 0 Å². The summed E-state index contributed by atoms with van der Waals surface area (Å²) in [6.07, 6.45) is 0.489. The van der Waals surface area contributed by atoms with Crippen LogP contribution >= 0.6 is 0 Å². The van der Waals surface area contributed by atoms with Crippen molar-refractivity contribution in [1.82, 2.24) is 9.80 Å². The summed E-state index contributed by atoms with van der Waals surface area (Å²) < 4.78 is 24.5. The van der Waals surface area contributed by atoms with Gasteiger partial charge in [0.05, 0.1) is 26.4 Å². The van der Waals surface area contributed by atoms with Crippen molar-refractivity contribution < 1.29 is 19.0 Å². The predicted octanol–water partition coefficient (Wildman–Crippen LogP) is 1.10. The highest BCUT2D eigenvalue weighted by atomic mass is 19.1. The maximum absolute atomic E-state index is 14.0. The van der Waals surface area contributed by atoms with E-state index >= 15 is 0 Å². The van der Waals surface area contributed by atoms with E-state index in [1.54, 1.807) is 19.2 Å². The Kier molecular flexibility index (Phi) is 5.48. The van der Waals surface area contributed by atoms with E-state index in [9.17, 15) is 9.50 Å². The molecule has 2 aliphatic heterocycles. The highest BCUT2D eigenvalue weighted by Gasteiger charge is 2.32. The Morgan fingerprint density at radius 2 is 2.09 bits per heavy atom. The number of aliphatic hydroxyl groups excluding tert-OH is 1. The molecular formula is C17H25FN2O3. The summed E-state index contributed by atoms with van der Waals surface area (Å²) in [5, 5.41) is 10.5. The summed E-state index contributed by atoms with van der Waals surface area (Å²) in [7, 11) is 1.58. The zero-order valence-corrected chi connectivity index (χ0v) is 13.6. The zero-order chi connectivity index (χ0) is 16.2. The summed E-state index contributed by atoms with van der Waals surface area (Å²) in [6, 6.07) is 4.98. The van der Waals surface area contributed by atoms with Crippen molar-refractivity contribution in [2.45, 2.75) is 25.1 Å². The van der Waals surface area contributed by atoms with Crippen LogP contribution in [0.5, 0.6) is 5.75 Å². The summed E-state index contributed by atoms with van der Waals surface area (Å²) in [4.78, 5) is 4.43. The average Bonchev–Trinajstić information content (AvgIpc) is 2.58. The third-order valence-electron chi connectivity index (χ3n) is 4.79. The van der Waals surface area contributed by atoms with Gasteiger partial charge in [-0.15, -0.1) is 0 Å². The highest BCUT2D eigenvalue weighted by molar-refractivity contribution is 5.29. The van der Waals surface area contributed by atoms with Crippen molar-refractivity contribution in [1.29, 1.82) is 0 Å². The second-order valence-corrected chi connectivity index (χ2v) is 6.26. The molecule has 128 valence electrons. The molecule has 0 spiro atoms. The fourth-order valence-electron chi connectivity index (χ4n) is 3.50. The van der Waals surface area contributed by atoms with Crippen LogP contribution in [0.25, 0.3) is 0 Å². The Bertz CT molecular complexity index is 523. The monoisotopic (exact) mass is 324 g/mol. The van der Waals surface area contributed by atoms with Gasteiger partial charge in [-0.05, 0) is 24.6 Å². The SMILES string of the molecule is COc1ccc(F)c(CN2CC[C@@H](N3CCOCC3)[C@H](O)C2)c1. The van der Waals surface area contributed by atoms with Crippen LogP contribution in [0, 0.1) is 5.82 Å². The number of ether oxygens (including phenoxy) is 2. The molecule has 5 nitrogen and oxygen atoms in total. The number of likely N-dealkylation sites (tertiary alicyclic amines) is 1. The molecule has 2 heterocycles. The van der Waals surface area contributed by atoms with Gasteiger partial charge in [-0.3, -0.25) is 9.80 Å². The van der Waals surface area contributed by atoms with Gasteiger partial charge in [0.2, 0.25) is 0 Å². The second-order valence-electron chi connectivity index (χ2n) is 6.26. The first-order valence-corrected chi connectivity index (χ1v) is 8.22. The van der Waals surface area contributed by atoms with Gasteiger partial charge < -0.3 is 14.6 Å². The van der Waals surface area contributed by atoms with E-state index in [2.05, 4.69) is 9.80 Å². The molecule has 6 heteroatoms. The minimum Gasteiger partial charge on any atom is -0.497 e. The summed E-state index contributed by atoms with van der Waals surface area (Å²) in [5.41, 5.74) is 0.612. The van der Waals surface area contributed by atoms with Crippen LogP contribution in [0.1, 0.15) is 12.0 Å². The topological polar surface area (TPSA) is 45.2 Å². The Balaban J connectivity index is 1.59. The van der Waals surface area contributed by atoms with Crippen molar-refractivity contribution in [3.8, 4) is 5.75 Å². The first-order valence-electron chi connectivity index (χ1n) is 8.22. The fourth-order valence-corrected chi connectivity index (χ4v) is 3.50. The molecule has 0 bridgehead atoms. The van der Waals surface area contributed by atoms with Crippen LogP contribution in [-0.4, -0.2) is 73.6 Å². The smallest absolute Gasteiger partial charge is 0.127 e. The summed E-state index contributed by atoms with van der Waals surface area (Å²) in [5.74, 6) is 0.431. The van der Waals surface area contributed by atoms with Crippen LogP contribution in [0.2, 0.25) is 0 Å².